The number of nitrogens with one attached hydrogen (secondary N) is 2. The number of halogens is 3. The van der Waals surface area contributed by atoms with Crippen LogP contribution in [0.4, 0.5) is 18.9 Å². The fraction of sp³-hybridized carbons (Fsp3) is 0.308. The van der Waals surface area contributed by atoms with Crippen LogP contribution in [0.3, 0.4) is 0 Å². The third-order valence-electron chi connectivity index (χ3n) is 6.46. The number of rotatable bonds is 11. The number of amidine groups is 1. The van der Waals surface area contributed by atoms with Gasteiger partial charge in [-0.25, -0.2) is 9.79 Å². The second-order valence-corrected chi connectivity index (χ2v) is 11.3. The predicted octanol–water partition coefficient (Wildman–Crippen LogP) is 2.63. The molecule has 0 saturated carbocycles. The number of hydrogen-bond acceptors (Lipinski definition) is 8. The molecular weight excluding hydrogens is 565 g/mol. The van der Waals surface area contributed by atoms with Crippen LogP contribution in [0.15, 0.2) is 65.8 Å². The van der Waals surface area contributed by atoms with E-state index in [1.165, 1.54) is 29.0 Å². The van der Waals surface area contributed by atoms with Crippen molar-refractivity contribution in [1.29, 1.82) is 0 Å². The number of nitrogens with two attached hydrogens (primary N) is 1. The van der Waals surface area contributed by atoms with Crippen molar-refractivity contribution >= 4 is 38.4 Å². The highest BCUT2D eigenvalue weighted by molar-refractivity contribution is 7.93. The molecule has 0 spiro atoms. The molecule has 41 heavy (non-hydrogen) atoms. The Morgan fingerprint density at radius 1 is 1.15 bits per heavy atom. The molecule has 0 bridgehead atoms. The van der Waals surface area contributed by atoms with Crippen LogP contribution in [-0.2, 0) is 23.0 Å². The second kappa shape index (κ2) is 11.8. The molecule has 0 saturated heterocycles. The Balaban J connectivity index is 1.44. The molecule has 6 N–H and O–H groups in total. The number of aliphatic imine (C=N–C) groups is 1. The van der Waals surface area contributed by atoms with E-state index in [9.17, 15) is 36.6 Å². The van der Waals surface area contributed by atoms with Gasteiger partial charge in [0.25, 0.3) is 0 Å². The fourth-order valence-electron chi connectivity index (χ4n) is 4.35. The third kappa shape index (κ3) is 7.17. The maximum absolute atomic E-state index is 12.6. The normalized spacial score (nSPS) is 15.5. The van der Waals surface area contributed by atoms with E-state index in [2.05, 4.69) is 10.3 Å². The summed E-state index contributed by atoms with van der Waals surface area (Å²) in [6, 6.07) is 12.3. The Morgan fingerprint density at radius 3 is 2.44 bits per heavy atom. The molecule has 0 aliphatic carbocycles. The second-order valence-electron chi connectivity index (χ2n) is 9.61. The van der Waals surface area contributed by atoms with E-state index >= 15 is 0 Å². The number of carbonyl (C=O) groups is 1. The van der Waals surface area contributed by atoms with Crippen molar-refractivity contribution in [3.63, 3.8) is 0 Å². The van der Waals surface area contributed by atoms with E-state index in [1.54, 1.807) is 33.9 Å². The number of benzene rings is 2. The molecule has 0 radical (unpaired) electrons. The van der Waals surface area contributed by atoms with Crippen molar-refractivity contribution in [2.75, 3.05) is 17.9 Å². The minimum absolute atomic E-state index is 0.0150. The average molecular weight is 595 g/mol. The van der Waals surface area contributed by atoms with Crippen LogP contribution in [0.5, 0.6) is 0 Å². The number of aromatic nitrogens is 1. The van der Waals surface area contributed by atoms with Crippen LogP contribution < -0.4 is 15.8 Å². The van der Waals surface area contributed by atoms with Gasteiger partial charge in [-0.3, -0.25) is 4.72 Å². The van der Waals surface area contributed by atoms with Crippen molar-refractivity contribution in [1.82, 2.24) is 14.8 Å². The Hall–Kier alpha value is -4.08. The van der Waals surface area contributed by atoms with Gasteiger partial charge in [-0.05, 0) is 60.9 Å². The molecule has 11 nitrogen and oxygen atoms in total. The van der Waals surface area contributed by atoms with Gasteiger partial charge in [-0.1, -0.05) is 18.2 Å². The molecule has 2 atom stereocenters. The molecule has 2 heterocycles. The van der Waals surface area contributed by atoms with Gasteiger partial charge in [0.05, 0.1) is 0 Å². The number of carboxylic acids is 1. The summed E-state index contributed by atoms with van der Waals surface area (Å²) in [5.41, 5.74) is 2.03. The van der Waals surface area contributed by atoms with E-state index in [-0.39, 0.29) is 30.6 Å². The van der Waals surface area contributed by atoms with E-state index in [4.69, 9.17) is 5.73 Å². The minimum Gasteiger partial charge on any atom is -0.477 e. The standard InChI is InChI=1S/C26H29F3N6O5S/c1-16(31-13-24(36)34-9-8-23(30)32-15-34)10-18-4-7-21-19(11-18)12-22(25(37)38)35(21)14-17-2-5-20(6-3-17)33-41(39,40)26(27,28)29/h2-9,11-12,16,24,31,33,36H,10,13-15H2,1H3,(H2,30,32)(H,37,38). The van der Waals surface area contributed by atoms with Crippen LogP contribution in [0.2, 0.25) is 0 Å². The third-order valence-corrected chi connectivity index (χ3v) is 7.58. The van der Waals surface area contributed by atoms with Crippen molar-refractivity contribution in [2.45, 2.75) is 37.7 Å². The van der Waals surface area contributed by atoms with Gasteiger partial charge in [0.2, 0.25) is 0 Å². The van der Waals surface area contributed by atoms with E-state index in [0.717, 1.165) is 5.56 Å². The zero-order valence-corrected chi connectivity index (χ0v) is 22.7. The van der Waals surface area contributed by atoms with Gasteiger partial charge >= 0.3 is 21.5 Å². The summed E-state index contributed by atoms with van der Waals surface area (Å²) in [4.78, 5) is 17.7. The molecule has 1 aliphatic rings. The van der Waals surface area contributed by atoms with Crippen LogP contribution in [0.1, 0.15) is 28.5 Å². The number of nitrogens with zero attached hydrogens (tertiary/aromatic N) is 3. The first-order valence-electron chi connectivity index (χ1n) is 12.4. The topological polar surface area (TPSA) is 162 Å². The molecule has 15 heteroatoms. The number of alkyl halides is 3. The lowest BCUT2D eigenvalue weighted by Crippen LogP contribution is -2.44. The zero-order chi connectivity index (χ0) is 29.9. The van der Waals surface area contributed by atoms with E-state index in [0.29, 0.717) is 35.3 Å². The van der Waals surface area contributed by atoms with Gasteiger partial charge in [0.15, 0.2) is 0 Å². The van der Waals surface area contributed by atoms with Gasteiger partial charge in [0.1, 0.15) is 24.4 Å². The highest BCUT2D eigenvalue weighted by Crippen LogP contribution is 2.27. The molecule has 1 aromatic heterocycles. The van der Waals surface area contributed by atoms with Crippen molar-refractivity contribution in [2.24, 2.45) is 10.7 Å². The van der Waals surface area contributed by atoms with Crippen molar-refractivity contribution in [3.8, 4) is 0 Å². The van der Waals surface area contributed by atoms with Gasteiger partial charge < -0.3 is 30.7 Å². The lowest BCUT2D eigenvalue weighted by molar-refractivity contribution is -0.0429. The lowest BCUT2D eigenvalue weighted by atomic mass is 10.1. The largest absolute Gasteiger partial charge is 0.516 e. The Bertz CT molecular complexity index is 1590. The first-order valence-corrected chi connectivity index (χ1v) is 13.9. The number of anilines is 1. The monoisotopic (exact) mass is 594 g/mol. The zero-order valence-electron chi connectivity index (χ0n) is 21.8. The number of aliphatic hydroxyl groups is 1. The van der Waals surface area contributed by atoms with Crippen LogP contribution >= 0.6 is 0 Å². The van der Waals surface area contributed by atoms with Crippen LogP contribution in [-0.4, -0.2) is 70.9 Å². The number of fused-ring (bicyclic) bond motifs is 1. The lowest BCUT2D eigenvalue weighted by Gasteiger charge is -2.28. The highest BCUT2D eigenvalue weighted by atomic mass is 32.2. The Kier molecular flexibility index (Phi) is 8.60. The smallest absolute Gasteiger partial charge is 0.477 e. The molecule has 4 rings (SSSR count). The van der Waals surface area contributed by atoms with Crippen LogP contribution in [0, 0.1) is 0 Å². The van der Waals surface area contributed by atoms with Gasteiger partial charge in [-0.15, -0.1) is 0 Å². The predicted molar refractivity (Wildman–Crippen MR) is 148 cm³/mol. The van der Waals surface area contributed by atoms with E-state index < -0.39 is 27.7 Å². The van der Waals surface area contributed by atoms with Gasteiger partial charge in [0, 0.05) is 41.9 Å². The SMILES string of the molecule is CC(Cc1ccc2c(c1)cc(C(=O)O)n2Cc1ccc(NS(=O)(=O)C(F)(F)F)cc1)NCC(O)N1C=CC(N)=NC1. The molecule has 2 unspecified atom stereocenters. The summed E-state index contributed by atoms with van der Waals surface area (Å²) in [5, 5.41) is 24.1. The van der Waals surface area contributed by atoms with Gasteiger partial charge in [-0.2, -0.15) is 21.6 Å². The van der Waals surface area contributed by atoms with Crippen LogP contribution in [0.25, 0.3) is 10.9 Å². The maximum Gasteiger partial charge on any atom is 0.516 e. The highest BCUT2D eigenvalue weighted by Gasteiger charge is 2.46. The number of hydrogen-bond donors (Lipinski definition) is 5. The Labute approximate surface area is 233 Å². The number of sulfonamides is 1. The summed E-state index contributed by atoms with van der Waals surface area (Å²) in [7, 11) is -5.55. The summed E-state index contributed by atoms with van der Waals surface area (Å²) in [5.74, 6) is -0.753. The fourth-order valence-corrected chi connectivity index (χ4v) is 4.91. The molecule has 0 amide bonds. The molecule has 220 valence electrons. The number of aliphatic hydroxyl groups excluding tert-OH is 1. The maximum atomic E-state index is 12.6. The number of carboxylic acid groups (broad SMARTS) is 1. The molecule has 0 fully saturated rings. The summed E-state index contributed by atoms with van der Waals surface area (Å²) < 4.78 is 63.6. The Morgan fingerprint density at radius 2 is 1.83 bits per heavy atom. The quantitative estimate of drug-likeness (QED) is 0.226. The summed E-state index contributed by atoms with van der Waals surface area (Å²) >= 11 is 0. The molecule has 3 aromatic rings. The van der Waals surface area contributed by atoms with Crippen molar-refractivity contribution in [3.05, 3.63) is 77.6 Å². The number of aromatic carboxylic acids is 1. The molecular formula is C26H29F3N6O5S. The molecule has 1 aliphatic heterocycles. The minimum atomic E-state index is -5.55. The first-order chi connectivity index (χ1) is 19.2. The summed E-state index contributed by atoms with van der Waals surface area (Å²) in [6.45, 7) is 2.61. The van der Waals surface area contributed by atoms with Crippen molar-refractivity contribution < 1.29 is 36.6 Å². The first kappa shape index (κ1) is 29.9. The summed E-state index contributed by atoms with van der Waals surface area (Å²) in [6.07, 6.45) is 3.10. The molecule has 2 aromatic carbocycles. The average Bonchev–Trinajstić information content (AvgIpc) is 3.26. The van der Waals surface area contributed by atoms with E-state index in [1.807, 2.05) is 19.1 Å².